The van der Waals surface area contributed by atoms with Crippen LogP contribution in [0.2, 0.25) is 0 Å². The summed E-state index contributed by atoms with van der Waals surface area (Å²) in [6.45, 7) is 15.7. The molecule has 0 saturated carbocycles. The SMILES string of the molecule is CC1(C)CN(CCCC(C)(C)C(=N)N)CC(C)(C)O1. The number of hydrogen-bond donors (Lipinski definition) is 2. The Bertz CT molecular complexity index is 318. The van der Waals surface area contributed by atoms with Crippen molar-refractivity contribution >= 4 is 5.84 Å². The summed E-state index contributed by atoms with van der Waals surface area (Å²) in [5.41, 5.74) is 5.27. The molecule has 19 heavy (non-hydrogen) atoms. The molecule has 0 aromatic carbocycles. The molecule has 0 aromatic rings. The quantitative estimate of drug-likeness (QED) is 0.596. The summed E-state index contributed by atoms with van der Waals surface area (Å²) in [5.74, 6) is 0.287. The van der Waals surface area contributed by atoms with Crippen LogP contribution in [0.15, 0.2) is 0 Å². The highest BCUT2D eigenvalue weighted by atomic mass is 16.5. The van der Waals surface area contributed by atoms with Crippen LogP contribution in [0.4, 0.5) is 0 Å². The monoisotopic (exact) mass is 269 g/mol. The maximum absolute atomic E-state index is 7.59. The van der Waals surface area contributed by atoms with Crippen LogP contribution in [-0.4, -0.2) is 41.6 Å². The molecule has 0 atom stereocenters. The Kier molecular flexibility index (Phi) is 4.68. The van der Waals surface area contributed by atoms with E-state index in [9.17, 15) is 0 Å². The number of rotatable bonds is 5. The number of ether oxygens (including phenoxy) is 1. The van der Waals surface area contributed by atoms with Crippen LogP contribution in [0.5, 0.6) is 0 Å². The molecule has 0 amide bonds. The molecule has 0 bridgehead atoms. The molecule has 1 heterocycles. The van der Waals surface area contributed by atoms with Crippen molar-refractivity contribution in [1.82, 2.24) is 4.90 Å². The van der Waals surface area contributed by atoms with Gasteiger partial charge in [-0.1, -0.05) is 13.8 Å². The highest BCUT2D eigenvalue weighted by Crippen LogP contribution is 2.29. The third-order valence-electron chi connectivity index (χ3n) is 3.77. The summed E-state index contributed by atoms with van der Waals surface area (Å²) in [7, 11) is 0. The highest BCUT2D eigenvalue weighted by molar-refractivity contribution is 5.82. The van der Waals surface area contributed by atoms with Gasteiger partial charge in [0.05, 0.1) is 17.0 Å². The van der Waals surface area contributed by atoms with Crippen molar-refractivity contribution in [2.45, 2.75) is 65.6 Å². The predicted octanol–water partition coefficient (Wildman–Crippen LogP) is 2.62. The van der Waals surface area contributed by atoms with Crippen molar-refractivity contribution in [3.63, 3.8) is 0 Å². The number of nitrogens with one attached hydrogen (secondary N) is 1. The van der Waals surface area contributed by atoms with E-state index >= 15 is 0 Å². The fourth-order valence-electron chi connectivity index (χ4n) is 2.98. The minimum Gasteiger partial charge on any atom is -0.387 e. The zero-order valence-corrected chi connectivity index (χ0v) is 13.5. The Balaban J connectivity index is 2.47. The van der Waals surface area contributed by atoms with Gasteiger partial charge < -0.3 is 10.5 Å². The molecule has 0 aromatic heterocycles. The average Bonchev–Trinajstić information content (AvgIpc) is 2.11. The summed E-state index contributed by atoms with van der Waals surface area (Å²) < 4.78 is 6.08. The lowest BCUT2D eigenvalue weighted by Crippen LogP contribution is -2.57. The molecule has 1 rings (SSSR count). The topological polar surface area (TPSA) is 62.3 Å². The van der Waals surface area contributed by atoms with E-state index in [0.29, 0.717) is 0 Å². The van der Waals surface area contributed by atoms with E-state index in [-0.39, 0.29) is 22.5 Å². The molecule has 4 nitrogen and oxygen atoms in total. The number of amidine groups is 1. The molecule has 0 radical (unpaired) electrons. The minimum atomic E-state index is -0.183. The van der Waals surface area contributed by atoms with E-state index in [0.717, 1.165) is 32.5 Å². The van der Waals surface area contributed by atoms with Gasteiger partial charge in [-0.3, -0.25) is 10.3 Å². The smallest absolute Gasteiger partial charge is 0.0963 e. The Labute approximate surface area is 118 Å². The van der Waals surface area contributed by atoms with Crippen LogP contribution < -0.4 is 5.73 Å². The van der Waals surface area contributed by atoms with Crippen LogP contribution in [0.3, 0.4) is 0 Å². The first-order valence-electron chi connectivity index (χ1n) is 7.21. The third-order valence-corrected chi connectivity index (χ3v) is 3.77. The van der Waals surface area contributed by atoms with Crippen molar-refractivity contribution in [2.75, 3.05) is 19.6 Å². The van der Waals surface area contributed by atoms with Crippen molar-refractivity contribution in [2.24, 2.45) is 11.1 Å². The van der Waals surface area contributed by atoms with Gasteiger partial charge in [0.1, 0.15) is 0 Å². The molecule has 0 spiro atoms. The average molecular weight is 269 g/mol. The zero-order valence-electron chi connectivity index (χ0n) is 13.5. The molecule has 0 aliphatic carbocycles. The van der Waals surface area contributed by atoms with E-state index in [1.54, 1.807) is 0 Å². The molecule has 1 saturated heterocycles. The van der Waals surface area contributed by atoms with Crippen LogP contribution in [0.25, 0.3) is 0 Å². The normalized spacial score (nSPS) is 23.3. The zero-order chi connectivity index (χ0) is 14.9. The lowest BCUT2D eigenvalue weighted by atomic mass is 9.86. The largest absolute Gasteiger partial charge is 0.387 e. The van der Waals surface area contributed by atoms with Gasteiger partial charge in [0.15, 0.2) is 0 Å². The summed E-state index contributed by atoms with van der Waals surface area (Å²) in [6.07, 6.45) is 2.03. The van der Waals surface area contributed by atoms with Crippen LogP contribution in [0.1, 0.15) is 54.4 Å². The Morgan fingerprint density at radius 1 is 1.21 bits per heavy atom. The molecule has 112 valence electrons. The molecule has 3 N–H and O–H groups in total. The second-order valence-corrected chi connectivity index (χ2v) is 7.73. The van der Waals surface area contributed by atoms with Crippen LogP contribution >= 0.6 is 0 Å². The van der Waals surface area contributed by atoms with E-state index in [4.69, 9.17) is 15.9 Å². The minimum absolute atomic E-state index is 0.0855. The van der Waals surface area contributed by atoms with Crippen molar-refractivity contribution in [3.05, 3.63) is 0 Å². The van der Waals surface area contributed by atoms with Gasteiger partial charge in [-0.2, -0.15) is 0 Å². The predicted molar refractivity (Wildman–Crippen MR) is 80.6 cm³/mol. The summed E-state index contributed by atoms with van der Waals surface area (Å²) in [5, 5.41) is 7.59. The van der Waals surface area contributed by atoms with Crippen LogP contribution in [0, 0.1) is 10.8 Å². The molecule has 1 aliphatic heterocycles. The van der Waals surface area contributed by atoms with Crippen LogP contribution in [-0.2, 0) is 4.74 Å². The fraction of sp³-hybridized carbons (Fsp3) is 0.933. The van der Waals surface area contributed by atoms with E-state index in [2.05, 4.69) is 32.6 Å². The summed E-state index contributed by atoms with van der Waals surface area (Å²) >= 11 is 0. The number of hydrogen-bond acceptors (Lipinski definition) is 3. The van der Waals surface area contributed by atoms with E-state index in [1.165, 1.54) is 0 Å². The third kappa shape index (κ3) is 5.11. The number of morpholine rings is 1. The fourth-order valence-corrected chi connectivity index (χ4v) is 2.98. The van der Waals surface area contributed by atoms with Crippen molar-refractivity contribution in [1.29, 1.82) is 5.41 Å². The summed E-state index contributed by atoms with van der Waals surface area (Å²) in [4.78, 5) is 2.47. The maximum atomic E-state index is 7.59. The molecular formula is C15H31N3O. The standard InChI is InChI=1S/C15H31N3O/c1-13(2,12(16)17)8-7-9-18-10-14(3,4)19-15(5,6)11-18/h7-11H2,1-6H3,(H3,16,17). The van der Waals surface area contributed by atoms with E-state index in [1.807, 2.05) is 13.8 Å². The van der Waals surface area contributed by atoms with E-state index < -0.39 is 0 Å². The lowest BCUT2D eigenvalue weighted by molar-refractivity contribution is -0.180. The Hall–Kier alpha value is -0.610. The highest BCUT2D eigenvalue weighted by Gasteiger charge is 2.37. The first kappa shape index (κ1) is 16.4. The van der Waals surface area contributed by atoms with Crippen molar-refractivity contribution < 1.29 is 4.74 Å². The van der Waals surface area contributed by atoms with Gasteiger partial charge in [0.2, 0.25) is 0 Å². The lowest BCUT2D eigenvalue weighted by Gasteiger charge is -2.47. The first-order chi connectivity index (χ1) is 8.44. The molecular weight excluding hydrogens is 238 g/mol. The second-order valence-electron chi connectivity index (χ2n) is 7.73. The molecule has 1 aliphatic rings. The van der Waals surface area contributed by atoms with Gasteiger partial charge in [-0.25, -0.2) is 0 Å². The van der Waals surface area contributed by atoms with Gasteiger partial charge >= 0.3 is 0 Å². The number of nitrogens with two attached hydrogens (primary N) is 1. The first-order valence-corrected chi connectivity index (χ1v) is 7.21. The Morgan fingerprint density at radius 2 is 1.68 bits per heavy atom. The van der Waals surface area contributed by atoms with Gasteiger partial charge in [-0.05, 0) is 47.1 Å². The number of nitrogens with zero attached hydrogens (tertiary/aromatic N) is 1. The molecule has 4 heteroatoms. The molecule has 0 unspecified atom stereocenters. The Morgan fingerprint density at radius 3 is 2.11 bits per heavy atom. The van der Waals surface area contributed by atoms with Gasteiger partial charge in [0, 0.05) is 18.5 Å². The summed E-state index contributed by atoms with van der Waals surface area (Å²) in [6, 6.07) is 0. The maximum Gasteiger partial charge on any atom is 0.0963 e. The van der Waals surface area contributed by atoms with Gasteiger partial charge in [-0.15, -0.1) is 0 Å². The van der Waals surface area contributed by atoms with Crippen molar-refractivity contribution in [3.8, 4) is 0 Å². The molecule has 1 fully saturated rings. The van der Waals surface area contributed by atoms with Gasteiger partial charge in [0.25, 0.3) is 0 Å². The second kappa shape index (κ2) is 5.41.